The molecule has 18 heavy (non-hydrogen) atoms. The van der Waals surface area contributed by atoms with Crippen LogP contribution in [0.25, 0.3) is 0 Å². The minimum atomic E-state index is -1.32. The number of aliphatic carboxylic acids is 1. The van der Waals surface area contributed by atoms with Crippen LogP contribution in [0.1, 0.15) is 36.2 Å². The highest BCUT2D eigenvalue weighted by atomic mass is 19.1. The Labute approximate surface area is 105 Å². The molecular weight excluding hydrogens is 237 g/mol. The van der Waals surface area contributed by atoms with Gasteiger partial charge in [-0.05, 0) is 44.0 Å². The van der Waals surface area contributed by atoms with Crippen LogP contribution in [0.15, 0.2) is 18.2 Å². The van der Waals surface area contributed by atoms with Gasteiger partial charge >= 0.3 is 5.97 Å². The molecule has 0 aliphatic heterocycles. The van der Waals surface area contributed by atoms with Crippen molar-refractivity contribution >= 4 is 11.9 Å². The van der Waals surface area contributed by atoms with Gasteiger partial charge in [0.05, 0.1) is 0 Å². The zero-order valence-corrected chi connectivity index (χ0v) is 10.6. The Kier molecular flexibility index (Phi) is 4.06. The second kappa shape index (κ2) is 5.16. The molecule has 1 aromatic rings. The van der Waals surface area contributed by atoms with Crippen molar-refractivity contribution in [2.24, 2.45) is 0 Å². The number of aryl methyl sites for hydroxylation is 1. The Balaban J connectivity index is 2.95. The Bertz CT molecular complexity index is 487. The summed E-state index contributed by atoms with van der Waals surface area (Å²) in [5.74, 6) is -2.02. The summed E-state index contributed by atoms with van der Waals surface area (Å²) in [6.45, 7) is 4.65. The van der Waals surface area contributed by atoms with Crippen LogP contribution in [-0.2, 0) is 4.79 Å². The zero-order chi connectivity index (χ0) is 13.9. The van der Waals surface area contributed by atoms with Crippen molar-refractivity contribution in [3.63, 3.8) is 0 Å². The lowest BCUT2D eigenvalue weighted by Gasteiger charge is -2.24. The van der Waals surface area contributed by atoms with Gasteiger partial charge in [0, 0.05) is 5.56 Å². The Hall–Kier alpha value is -1.91. The molecule has 5 heteroatoms. The molecule has 2 N–H and O–H groups in total. The smallest absolute Gasteiger partial charge is 0.329 e. The number of rotatable bonds is 4. The van der Waals surface area contributed by atoms with Crippen LogP contribution in [0.2, 0.25) is 0 Å². The van der Waals surface area contributed by atoms with Crippen molar-refractivity contribution < 1.29 is 19.1 Å². The number of carbonyl (C=O) groups is 2. The maximum Gasteiger partial charge on any atom is 0.329 e. The molecule has 1 atom stereocenters. The average molecular weight is 253 g/mol. The summed E-state index contributed by atoms with van der Waals surface area (Å²) in [6.07, 6.45) is 0.258. The molecule has 0 heterocycles. The number of carboxylic acid groups (broad SMARTS) is 1. The van der Waals surface area contributed by atoms with Crippen molar-refractivity contribution in [2.75, 3.05) is 0 Å². The molecule has 0 fully saturated rings. The molecule has 1 unspecified atom stereocenters. The van der Waals surface area contributed by atoms with Crippen LogP contribution in [0.4, 0.5) is 4.39 Å². The van der Waals surface area contributed by atoms with Gasteiger partial charge in [0.1, 0.15) is 11.4 Å². The van der Waals surface area contributed by atoms with E-state index >= 15 is 0 Å². The molecule has 0 saturated heterocycles. The summed E-state index contributed by atoms with van der Waals surface area (Å²) in [6, 6.07) is 3.91. The van der Waals surface area contributed by atoms with Crippen LogP contribution in [-0.4, -0.2) is 22.5 Å². The number of halogens is 1. The summed E-state index contributed by atoms with van der Waals surface area (Å²) in [7, 11) is 0. The largest absolute Gasteiger partial charge is 0.480 e. The topological polar surface area (TPSA) is 66.4 Å². The van der Waals surface area contributed by atoms with E-state index in [0.29, 0.717) is 5.56 Å². The predicted octanol–water partition coefficient (Wildman–Crippen LogP) is 2.12. The monoisotopic (exact) mass is 253 g/mol. The van der Waals surface area contributed by atoms with E-state index in [1.807, 2.05) is 0 Å². The maximum atomic E-state index is 13.1. The van der Waals surface area contributed by atoms with E-state index in [4.69, 9.17) is 5.11 Å². The summed E-state index contributed by atoms with van der Waals surface area (Å²) < 4.78 is 13.1. The average Bonchev–Trinajstić information content (AvgIpc) is 2.32. The van der Waals surface area contributed by atoms with Gasteiger partial charge in [-0.3, -0.25) is 4.79 Å². The summed E-state index contributed by atoms with van der Waals surface area (Å²) in [5.41, 5.74) is -0.731. The van der Waals surface area contributed by atoms with Crippen molar-refractivity contribution in [3.05, 3.63) is 35.1 Å². The van der Waals surface area contributed by atoms with E-state index in [-0.39, 0.29) is 12.0 Å². The van der Waals surface area contributed by atoms with Crippen LogP contribution in [0.5, 0.6) is 0 Å². The van der Waals surface area contributed by atoms with Gasteiger partial charge < -0.3 is 10.4 Å². The first-order chi connectivity index (χ1) is 8.30. The first kappa shape index (κ1) is 14.2. The van der Waals surface area contributed by atoms with Gasteiger partial charge in [-0.25, -0.2) is 9.18 Å². The first-order valence-electron chi connectivity index (χ1n) is 5.62. The Morgan fingerprint density at radius 2 is 2.06 bits per heavy atom. The number of hydrogen-bond donors (Lipinski definition) is 2. The Morgan fingerprint density at radius 1 is 1.44 bits per heavy atom. The third kappa shape index (κ3) is 2.85. The molecule has 1 rings (SSSR count). The molecule has 0 aromatic heterocycles. The fourth-order valence-corrected chi connectivity index (χ4v) is 1.40. The van der Waals surface area contributed by atoms with Crippen LogP contribution < -0.4 is 5.32 Å². The van der Waals surface area contributed by atoms with Crippen molar-refractivity contribution in [2.45, 2.75) is 32.7 Å². The number of amides is 1. The van der Waals surface area contributed by atoms with Crippen LogP contribution in [0, 0.1) is 12.7 Å². The minimum absolute atomic E-state index is 0.245. The lowest BCUT2D eigenvalue weighted by atomic mass is 9.98. The van der Waals surface area contributed by atoms with Crippen molar-refractivity contribution in [3.8, 4) is 0 Å². The standard InChI is InChI=1S/C13H16FNO3/c1-4-13(3,12(17)18)15-11(16)9-5-6-10(14)8(2)7-9/h5-7H,4H2,1-3H3,(H,15,16)(H,17,18). The van der Waals surface area contributed by atoms with Gasteiger partial charge in [0.25, 0.3) is 5.91 Å². The van der Waals surface area contributed by atoms with Crippen molar-refractivity contribution in [1.29, 1.82) is 0 Å². The van der Waals surface area contributed by atoms with E-state index in [2.05, 4.69) is 5.32 Å². The summed E-state index contributed by atoms with van der Waals surface area (Å²) in [4.78, 5) is 23.0. The summed E-state index contributed by atoms with van der Waals surface area (Å²) in [5, 5.41) is 11.5. The maximum absolute atomic E-state index is 13.1. The molecule has 0 aliphatic carbocycles. The van der Waals surface area contributed by atoms with Gasteiger partial charge in [-0.1, -0.05) is 6.92 Å². The third-order valence-corrected chi connectivity index (χ3v) is 2.99. The minimum Gasteiger partial charge on any atom is -0.480 e. The van der Waals surface area contributed by atoms with Crippen LogP contribution >= 0.6 is 0 Å². The molecule has 0 radical (unpaired) electrons. The molecule has 1 amide bonds. The third-order valence-electron chi connectivity index (χ3n) is 2.99. The van der Waals surface area contributed by atoms with Crippen LogP contribution in [0.3, 0.4) is 0 Å². The molecule has 0 saturated carbocycles. The number of nitrogens with one attached hydrogen (secondary N) is 1. The second-order valence-corrected chi connectivity index (χ2v) is 4.41. The van der Waals surface area contributed by atoms with E-state index in [1.165, 1.54) is 25.1 Å². The van der Waals surface area contributed by atoms with E-state index in [0.717, 1.165) is 0 Å². The first-order valence-corrected chi connectivity index (χ1v) is 5.62. The molecule has 0 spiro atoms. The fraction of sp³-hybridized carbons (Fsp3) is 0.385. The normalized spacial score (nSPS) is 13.8. The molecule has 0 aliphatic rings. The van der Waals surface area contributed by atoms with Gasteiger partial charge in [0.15, 0.2) is 0 Å². The molecule has 1 aromatic carbocycles. The summed E-state index contributed by atoms with van der Waals surface area (Å²) >= 11 is 0. The van der Waals surface area contributed by atoms with Gasteiger partial charge in [-0.15, -0.1) is 0 Å². The van der Waals surface area contributed by atoms with Crippen molar-refractivity contribution in [1.82, 2.24) is 5.32 Å². The fourth-order valence-electron chi connectivity index (χ4n) is 1.40. The molecule has 0 bridgehead atoms. The number of hydrogen-bond acceptors (Lipinski definition) is 2. The molecular formula is C13H16FNO3. The van der Waals surface area contributed by atoms with E-state index in [9.17, 15) is 14.0 Å². The van der Waals surface area contributed by atoms with Gasteiger partial charge in [-0.2, -0.15) is 0 Å². The second-order valence-electron chi connectivity index (χ2n) is 4.41. The Morgan fingerprint density at radius 3 is 2.50 bits per heavy atom. The highest BCUT2D eigenvalue weighted by Crippen LogP contribution is 2.13. The van der Waals surface area contributed by atoms with Gasteiger partial charge in [0.2, 0.25) is 0 Å². The molecule has 4 nitrogen and oxygen atoms in total. The predicted molar refractivity (Wildman–Crippen MR) is 64.9 cm³/mol. The SMILES string of the molecule is CCC(C)(NC(=O)c1ccc(F)c(C)c1)C(=O)O. The highest BCUT2D eigenvalue weighted by Gasteiger charge is 2.33. The number of benzene rings is 1. The molecule has 98 valence electrons. The van der Waals surface area contributed by atoms with E-state index in [1.54, 1.807) is 13.8 Å². The highest BCUT2D eigenvalue weighted by molar-refractivity contribution is 5.97. The lowest BCUT2D eigenvalue weighted by Crippen LogP contribution is -2.51. The number of carboxylic acids is 1. The zero-order valence-electron chi connectivity index (χ0n) is 10.6. The number of carbonyl (C=O) groups excluding carboxylic acids is 1. The quantitative estimate of drug-likeness (QED) is 0.863. The van der Waals surface area contributed by atoms with E-state index < -0.39 is 23.2 Å². The lowest BCUT2D eigenvalue weighted by molar-refractivity contribution is -0.143.